The molecule has 266 valence electrons. The molecule has 2 aliphatic rings. The average molecular weight is 709 g/mol. The first-order valence-electron chi connectivity index (χ1n) is 19.6. The van der Waals surface area contributed by atoms with Gasteiger partial charge in [-0.05, 0) is 97.2 Å². The van der Waals surface area contributed by atoms with Gasteiger partial charge in [-0.1, -0.05) is 179 Å². The van der Waals surface area contributed by atoms with Crippen molar-refractivity contribution in [3.8, 4) is 45.0 Å². The molecule has 0 bridgehead atoms. The summed E-state index contributed by atoms with van der Waals surface area (Å²) in [5.74, 6) is 0.754. The fourth-order valence-corrected chi connectivity index (χ4v) is 9.65. The molecule has 0 saturated carbocycles. The van der Waals surface area contributed by atoms with Crippen molar-refractivity contribution in [2.24, 2.45) is 0 Å². The third-order valence-corrected chi connectivity index (χ3v) is 12.6. The molecule has 0 N–H and O–H groups in total. The summed E-state index contributed by atoms with van der Waals surface area (Å²) in [7, 11) is 0. The molecular weight excluding hydrogens is 665 g/mol. The standard InChI is InChI=1S/C53H44N2/c1-51(2)30-31-52(3,4)46-33-38(28-29-44(46)51)50-54-47(37-27-26-35-16-11-12-17-36(35)32-37)34-48(55-50)42-23-15-25-45-49(42)41-22-13-14-24-43(41)53(45,39-18-7-5-8-19-39)40-20-9-6-10-21-40/h5-29,32-34H,30-31H2,1-4H3. The Morgan fingerprint density at radius 3 is 1.73 bits per heavy atom. The normalized spacial score (nSPS) is 15.9. The van der Waals surface area contributed by atoms with Crippen molar-refractivity contribution in [2.75, 3.05) is 0 Å². The van der Waals surface area contributed by atoms with Crippen LogP contribution in [0.25, 0.3) is 55.8 Å². The van der Waals surface area contributed by atoms with E-state index in [1.54, 1.807) is 0 Å². The van der Waals surface area contributed by atoms with E-state index in [0.29, 0.717) is 0 Å². The molecule has 0 amide bonds. The van der Waals surface area contributed by atoms with E-state index in [2.05, 4.69) is 198 Å². The smallest absolute Gasteiger partial charge is 0.160 e. The molecule has 7 aromatic carbocycles. The molecule has 0 unspecified atom stereocenters. The Morgan fingerprint density at radius 1 is 0.400 bits per heavy atom. The Bertz CT molecular complexity index is 2720. The van der Waals surface area contributed by atoms with Crippen LogP contribution in [0.2, 0.25) is 0 Å². The lowest BCUT2D eigenvalue weighted by atomic mass is 9.63. The van der Waals surface area contributed by atoms with Crippen LogP contribution in [0.3, 0.4) is 0 Å². The van der Waals surface area contributed by atoms with E-state index in [9.17, 15) is 0 Å². The summed E-state index contributed by atoms with van der Waals surface area (Å²) in [5.41, 5.74) is 15.2. The van der Waals surface area contributed by atoms with Crippen LogP contribution in [0.5, 0.6) is 0 Å². The van der Waals surface area contributed by atoms with Crippen LogP contribution < -0.4 is 0 Å². The molecule has 0 fully saturated rings. The number of rotatable bonds is 5. The van der Waals surface area contributed by atoms with Gasteiger partial charge in [0.05, 0.1) is 16.8 Å². The van der Waals surface area contributed by atoms with Gasteiger partial charge in [0.1, 0.15) is 0 Å². The monoisotopic (exact) mass is 708 g/mol. The van der Waals surface area contributed by atoms with E-state index in [1.807, 2.05) is 0 Å². The summed E-state index contributed by atoms with van der Waals surface area (Å²) in [4.78, 5) is 10.9. The minimum atomic E-state index is -0.488. The van der Waals surface area contributed by atoms with Gasteiger partial charge in [-0.15, -0.1) is 0 Å². The van der Waals surface area contributed by atoms with E-state index in [1.165, 1.54) is 61.7 Å². The van der Waals surface area contributed by atoms with Crippen LogP contribution in [0, 0.1) is 0 Å². The number of nitrogens with zero attached hydrogens (tertiary/aromatic N) is 2. The molecule has 2 aliphatic carbocycles. The quantitative estimate of drug-likeness (QED) is 0.178. The van der Waals surface area contributed by atoms with Gasteiger partial charge >= 0.3 is 0 Å². The topological polar surface area (TPSA) is 25.8 Å². The predicted octanol–water partition coefficient (Wildman–Crippen LogP) is 13.3. The zero-order valence-corrected chi connectivity index (χ0v) is 32.0. The molecule has 55 heavy (non-hydrogen) atoms. The van der Waals surface area contributed by atoms with Crippen molar-refractivity contribution in [3.05, 3.63) is 203 Å². The molecule has 0 aliphatic heterocycles. The Morgan fingerprint density at radius 2 is 0.982 bits per heavy atom. The third kappa shape index (κ3) is 5.23. The minimum absolute atomic E-state index is 0.0712. The summed E-state index contributed by atoms with van der Waals surface area (Å²) in [6.07, 6.45) is 2.33. The first-order valence-corrected chi connectivity index (χ1v) is 19.6. The lowest BCUT2D eigenvalue weighted by Crippen LogP contribution is -2.33. The van der Waals surface area contributed by atoms with Gasteiger partial charge in [-0.2, -0.15) is 0 Å². The molecule has 8 aromatic rings. The van der Waals surface area contributed by atoms with Gasteiger partial charge < -0.3 is 0 Å². The van der Waals surface area contributed by atoms with Crippen molar-refractivity contribution >= 4 is 10.8 Å². The lowest BCUT2D eigenvalue weighted by molar-refractivity contribution is 0.332. The van der Waals surface area contributed by atoms with Crippen LogP contribution in [0.1, 0.15) is 73.9 Å². The first-order chi connectivity index (χ1) is 26.7. The maximum Gasteiger partial charge on any atom is 0.160 e. The molecule has 1 heterocycles. The van der Waals surface area contributed by atoms with Crippen LogP contribution in [-0.2, 0) is 16.2 Å². The molecule has 1 aromatic heterocycles. The van der Waals surface area contributed by atoms with E-state index in [-0.39, 0.29) is 10.8 Å². The highest BCUT2D eigenvalue weighted by Gasteiger charge is 2.47. The highest BCUT2D eigenvalue weighted by Crippen LogP contribution is 2.58. The van der Waals surface area contributed by atoms with Gasteiger partial charge in [-0.25, -0.2) is 9.97 Å². The van der Waals surface area contributed by atoms with Gasteiger partial charge in [0.2, 0.25) is 0 Å². The van der Waals surface area contributed by atoms with Gasteiger partial charge in [0.25, 0.3) is 0 Å². The van der Waals surface area contributed by atoms with Crippen molar-refractivity contribution < 1.29 is 0 Å². The zero-order chi connectivity index (χ0) is 37.4. The SMILES string of the molecule is CC1(C)CCC(C)(C)c2cc(-c3nc(-c4ccc5ccccc5c4)cc(-c4cccc5c4-c4ccccc4C5(c4ccccc4)c4ccccc4)n3)ccc21. The molecule has 0 atom stereocenters. The van der Waals surface area contributed by atoms with Crippen molar-refractivity contribution in [2.45, 2.75) is 56.8 Å². The van der Waals surface area contributed by atoms with Gasteiger partial charge in [0.15, 0.2) is 5.82 Å². The number of hydrogen-bond donors (Lipinski definition) is 0. The molecule has 2 nitrogen and oxygen atoms in total. The van der Waals surface area contributed by atoms with Crippen LogP contribution in [-0.4, -0.2) is 9.97 Å². The minimum Gasteiger partial charge on any atom is -0.228 e. The summed E-state index contributed by atoms with van der Waals surface area (Å²) in [6.45, 7) is 9.54. The third-order valence-electron chi connectivity index (χ3n) is 12.6. The van der Waals surface area contributed by atoms with Crippen LogP contribution >= 0.6 is 0 Å². The molecule has 2 heteroatoms. The maximum atomic E-state index is 5.53. The fourth-order valence-electron chi connectivity index (χ4n) is 9.65. The molecule has 0 saturated heterocycles. The van der Waals surface area contributed by atoms with E-state index in [0.717, 1.165) is 40.3 Å². The van der Waals surface area contributed by atoms with Gasteiger partial charge in [0, 0.05) is 16.7 Å². The van der Waals surface area contributed by atoms with E-state index >= 15 is 0 Å². The summed E-state index contributed by atoms with van der Waals surface area (Å²) < 4.78 is 0. The van der Waals surface area contributed by atoms with Crippen molar-refractivity contribution in [1.82, 2.24) is 9.97 Å². The second-order valence-electron chi connectivity index (χ2n) is 16.8. The second-order valence-corrected chi connectivity index (χ2v) is 16.8. The maximum absolute atomic E-state index is 5.53. The van der Waals surface area contributed by atoms with Crippen LogP contribution in [0.15, 0.2) is 170 Å². The Hall–Kier alpha value is -6.12. The number of fused-ring (bicyclic) bond motifs is 5. The summed E-state index contributed by atoms with van der Waals surface area (Å²) in [5, 5.41) is 2.42. The van der Waals surface area contributed by atoms with Crippen LogP contribution in [0.4, 0.5) is 0 Å². The average Bonchev–Trinajstić information content (AvgIpc) is 3.54. The Balaban J connectivity index is 1.25. The number of aromatic nitrogens is 2. The molecule has 10 rings (SSSR count). The predicted molar refractivity (Wildman–Crippen MR) is 228 cm³/mol. The number of benzene rings is 7. The van der Waals surface area contributed by atoms with Crippen molar-refractivity contribution in [3.63, 3.8) is 0 Å². The summed E-state index contributed by atoms with van der Waals surface area (Å²) >= 11 is 0. The largest absolute Gasteiger partial charge is 0.228 e. The van der Waals surface area contributed by atoms with E-state index in [4.69, 9.17) is 9.97 Å². The van der Waals surface area contributed by atoms with Crippen molar-refractivity contribution in [1.29, 1.82) is 0 Å². The van der Waals surface area contributed by atoms with E-state index < -0.39 is 5.41 Å². The molecular formula is C53H44N2. The first kappa shape index (κ1) is 33.4. The lowest BCUT2D eigenvalue weighted by Gasteiger charge is -2.42. The Labute approximate surface area is 324 Å². The highest BCUT2D eigenvalue weighted by molar-refractivity contribution is 5.96. The van der Waals surface area contributed by atoms with Gasteiger partial charge in [-0.3, -0.25) is 0 Å². The second kappa shape index (κ2) is 12.5. The zero-order valence-electron chi connectivity index (χ0n) is 32.0. The molecule has 0 spiro atoms. The molecule has 0 radical (unpaired) electrons. The number of hydrogen-bond acceptors (Lipinski definition) is 2. The fraction of sp³-hybridized carbons (Fsp3) is 0.170. The summed E-state index contributed by atoms with van der Waals surface area (Å²) in [6, 6.07) is 62.2. The Kier molecular flexibility index (Phi) is 7.58. The highest BCUT2D eigenvalue weighted by atomic mass is 14.9.